The molecule has 0 spiro atoms. The van der Waals surface area contributed by atoms with E-state index >= 15 is 0 Å². The molecule has 0 radical (unpaired) electrons. The minimum Gasteiger partial charge on any atom is -0.316 e. The van der Waals surface area contributed by atoms with Gasteiger partial charge in [-0.15, -0.1) is 10.2 Å². The molecule has 0 aliphatic heterocycles. The van der Waals surface area contributed by atoms with Crippen LogP contribution in [0.25, 0.3) is 10.6 Å². The third kappa shape index (κ3) is 4.42. The minimum absolute atomic E-state index is 0.615. The van der Waals surface area contributed by atoms with E-state index in [0.29, 0.717) is 10.0 Å². The van der Waals surface area contributed by atoms with E-state index in [0.717, 1.165) is 41.5 Å². The fraction of sp³-hybridized carbons (Fsp3) is 0.385. The van der Waals surface area contributed by atoms with Gasteiger partial charge < -0.3 is 5.32 Å². The average Bonchev–Trinajstić information content (AvgIpc) is 2.82. The molecule has 19 heavy (non-hydrogen) atoms. The van der Waals surface area contributed by atoms with E-state index in [1.807, 2.05) is 12.1 Å². The third-order valence-electron chi connectivity index (χ3n) is 2.52. The summed E-state index contributed by atoms with van der Waals surface area (Å²) in [4.78, 5) is 0. The number of nitrogens with one attached hydrogen (secondary N) is 1. The van der Waals surface area contributed by atoms with E-state index in [4.69, 9.17) is 23.2 Å². The van der Waals surface area contributed by atoms with E-state index in [-0.39, 0.29) is 0 Å². The number of halogens is 2. The average molecular weight is 316 g/mol. The van der Waals surface area contributed by atoms with Crippen molar-refractivity contribution < 1.29 is 0 Å². The molecular weight excluding hydrogens is 301 g/mol. The summed E-state index contributed by atoms with van der Waals surface area (Å²) in [6.07, 6.45) is 2.04. The molecular formula is C13H15Cl2N3S. The van der Waals surface area contributed by atoms with E-state index in [1.54, 1.807) is 17.4 Å². The highest BCUT2D eigenvalue weighted by Gasteiger charge is 2.08. The molecule has 1 aromatic heterocycles. The maximum atomic E-state index is 5.99. The molecule has 1 heterocycles. The molecule has 0 aliphatic carbocycles. The van der Waals surface area contributed by atoms with Crippen molar-refractivity contribution in [2.24, 2.45) is 0 Å². The fourth-order valence-corrected chi connectivity index (χ4v) is 3.00. The zero-order valence-corrected chi connectivity index (χ0v) is 12.9. The predicted molar refractivity (Wildman–Crippen MR) is 82.2 cm³/mol. The molecule has 1 aromatic carbocycles. The first-order valence-corrected chi connectivity index (χ1v) is 7.76. The quantitative estimate of drug-likeness (QED) is 0.817. The highest BCUT2D eigenvalue weighted by molar-refractivity contribution is 7.14. The van der Waals surface area contributed by atoms with Crippen molar-refractivity contribution >= 4 is 34.5 Å². The Labute approximate surface area is 127 Å². The minimum atomic E-state index is 0.615. The highest BCUT2D eigenvalue weighted by Crippen LogP contribution is 2.29. The van der Waals surface area contributed by atoms with Crippen LogP contribution in [-0.4, -0.2) is 23.3 Å². The van der Waals surface area contributed by atoms with Crippen molar-refractivity contribution in [2.45, 2.75) is 19.8 Å². The largest absolute Gasteiger partial charge is 0.316 e. The van der Waals surface area contributed by atoms with Gasteiger partial charge in [-0.2, -0.15) is 0 Å². The van der Waals surface area contributed by atoms with Crippen LogP contribution < -0.4 is 5.32 Å². The van der Waals surface area contributed by atoms with Gasteiger partial charge in [0.25, 0.3) is 0 Å². The third-order valence-corrected chi connectivity index (χ3v) is 3.99. The predicted octanol–water partition coefficient (Wildman–Crippen LogP) is 4.05. The lowest BCUT2D eigenvalue weighted by Gasteiger charge is -1.99. The van der Waals surface area contributed by atoms with E-state index in [2.05, 4.69) is 22.4 Å². The van der Waals surface area contributed by atoms with Gasteiger partial charge in [0.15, 0.2) is 0 Å². The maximum absolute atomic E-state index is 5.99. The molecule has 0 atom stereocenters. The Morgan fingerprint density at radius 1 is 1.11 bits per heavy atom. The number of benzene rings is 1. The summed E-state index contributed by atoms with van der Waals surface area (Å²) in [6.45, 7) is 4.12. The Morgan fingerprint density at radius 2 is 1.84 bits per heavy atom. The summed E-state index contributed by atoms with van der Waals surface area (Å²) in [7, 11) is 0. The first kappa shape index (κ1) is 14.7. The second-order valence-corrected chi connectivity index (χ2v) is 6.09. The molecule has 2 aromatic rings. The van der Waals surface area contributed by atoms with Crippen molar-refractivity contribution in [1.29, 1.82) is 0 Å². The molecule has 0 unspecified atom stereocenters. The standard InChI is InChI=1S/C13H15Cl2N3S/c1-2-4-16-5-3-12-17-18-13(19-12)9-6-10(14)8-11(15)7-9/h6-8,16H,2-5H2,1H3. The van der Waals surface area contributed by atoms with E-state index < -0.39 is 0 Å². The lowest BCUT2D eigenvalue weighted by Crippen LogP contribution is -2.17. The van der Waals surface area contributed by atoms with Crippen LogP contribution in [-0.2, 0) is 6.42 Å². The maximum Gasteiger partial charge on any atom is 0.147 e. The molecule has 0 bridgehead atoms. The number of rotatable bonds is 6. The van der Waals surface area contributed by atoms with E-state index in [9.17, 15) is 0 Å². The number of hydrogen-bond donors (Lipinski definition) is 1. The second-order valence-electron chi connectivity index (χ2n) is 4.16. The van der Waals surface area contributed by atoms with Gasteiger partial charge in [-0.25, -0.2) is 0 Å². The molecule has 2 rings (SSSR count). The van der Waals surface area contributed by atoms with Gasteiger partial charge in [0, 0.05) is 28.6 Å². The summed E-state index contributed by atoms with van der Waals surface area (Å²) >= 11 is 13.6. The Kier molecular flexibility index (Phi) is 5.58. The first-order valence-electron chi connectivity index (χ1n) is 6.18. The number of aromatic nitrogens is 2. The SMILES string of the molecule is CCCNCCc1nnc(-c2cc(Cl)cc(Cl)c2)s1. The number of nitrogens with zero attached hydrogens (tertiary/aromatic N) is 2. The van der Waals surface area contributed by atoms with Gasteiger partial charge in [-0.1, -0.05) is 41.5 Å². The highest BCUT2D eigenvalue weighted by atomic mass is 35.5. The zero-order valence-electron chi connectivity index (χ0n) is 10.6. The molecule has 0 saturated heterocycles. The monoisotopic (exact) mass is 315 g/mol. The first-order chi connectivity index (χ1) is 9.19. The topological polar surface area (TPSA) is 37.8 Å². The van der Waals surface area contributed by atoms with Crippen molar-refractivity contribution in [3.63, 3.8) is 0 Å². The van der Waals surface area contributed by atoms with Crippen molar-refractivity contribution in [2.75, 3.05) is 13.1 Å². The summed E-state index contributed by atoms with van der Waals surface area (Å²) in [5.41, 5.74) is 0.919. The smallest absolute Gasteiger partial charge is 0.147 e. The van der Waals surface area contributed by atoms with E-state index in [1.165, 1.54) is 0 Å². The van der Waals surface area contributed by atoms with Crippen LogP contribution in [0.4, 0.5) is 0 Å². The molecule has 3 nitrogen and oxygen atoms in total. The van der Waals surface area contributed by atoms with Gasteiger partial charge in [0.1, 0.15) is 10.0 Å². The normalized spacial score (nSPS) is 10.9. The van der Waals surface area contributed by atoms with Crippen LogP contribution >= 0.6 is 34.5 Å². The van der Waals surface area contributed by atoms with Gasteiger partial charge >= 0.3 is 0 Å². The molecule has 0 fully saturated rings. The zero-order chi connectivity index (χ0) is 13.7. The summed E-state index contributed by atoms with van der Waals surface area (Å²) in [5, 5.41) is 14.8. The van der Waals surface area contributed by atoms with Gasteiger partial charge in [-0.05, 0) is 31.2 Å². The van der Waals surface area contributed by atoms with Gasteiger partial charge in [0.2, 0.25) is 0 Å². The summed E-state index contributed by atoms with van der Waals surface area (Å²) < 4.78 is 0. The lowest BCUT2D eigenvalue weighted by molar-refractivity contribution is 0.668. The molecule has 0 saturated carbocycles. The summed E-state index contributed by atoms with van der Waals surface area (Å²) in [5.74, 6) is 0. The van der Waals surface area contributed by atoms with Gasteiger partial charge in [0.05, 0.1) is 0 Å². The van der Waals surface area contributed by atoms with Crippen LogP contribution in [0.5, 0.6) is 0 Å². The Hall–Kier alpha value is -0.680. The van der Waals surface area contributed by atoms with Crippen LogP contribution in [0.2, 0.25) is 10.0 Å². The van der Waals surface area contributed by atoms with Gasteiger partial charge in [-0.3, -0.25) is 0 Å². The molecule has 6 heteroatoms. The lowest BCUT2D eigenvalue weighted by atomic mass is 10.2. The number of hydrogen-bond acceptors (Lipinski definition) is 4. The molecule has 0 amide bonds. The van der Waals surface area contributed by atoms with Crippen LogP contribution in [0, 0.1) is 0 Å². The second kappa shape index (κ2) is 7.20. The Balaban J connectivity index is 2.03. The molecule has 102 valence electrons. The molecule has 0 aliphatic rings. The Bertz CT molecular complexity index is 522. The van der Waals surface area contributed by atoms with Crippen LogP contribution in [0.3, 0.4) is 0 Å². The van der Waals surface area contributed by atoms with Crippen LogP contribution in [0.15, 0.2) is 18.2 Å². The van der Waals surface area contributed by atoms with Crippen molar-refractivity contribution in [3.05, 3.63) is 33.3 Å². The van der Waals surface area contributed by atoms with Crippen molar-refractivity contribution in [1.82, 2.24) is 15.5 Å². The van der Waals surface area contributed by atoms with Crippen molar-refractivity contribution in [3.8, 4) is 10.6 Å². The Morgan fingerprint density at radius 3 is 2.53 bits per heavy atom. The molecule has 1 N–H and O–H groups in total. The fourth-order valence-electron chi connectivity index (χ4n) is 1.65. The van der Waals surface area contributed by atoms with Crippen LogP contribution in [0.1, 0.15) is 18.4 Å². The summed E-state index contributed by atoms with van der Waals surface area (Å²) in [6, 6.07) is 5.42.